The molecule has 1 aliphatic carbocycles. The molecule has 59 heavy (non-hydrogen) atoms. The molecule has 0 N–H and O–H groups in total. The number of fused-ring (bicyclic) bond motifs is 14. The molecular formula is C55H36N4. The Bertz CT molecular complexity index is 3770. The number of aromatic nitrogens is 4. The van der Waals surface area contributed by atoms with Crippen LogP contribution >= 0.6 is 0 Å². The highest BCUT2D eigenvalue weighted by Gasteiger charge is 2.37. The summed E-state index contributed by atoms with van der Waals surface area (Å²) in [5.74, 6) is 0.824. The summed E-state index contributed by atoms with van der Waals surface area (Å²) < 4.78 is 4.84. The minimum absolute atomic E-state index is 0.146. The fraction of sp³-hybridized carbons (Fsp3) is 0.0545. The smallest absolute Gasteiger partial charge is 0.165 e. The molecular weight excluding hydrogens is 717 g/mol. The molecule has 0 atom stereocenters. The van der Waals surface area contributed by atoms with Crippen molar-refractivity contribution < 1.29 is 0 Å². The lowest BCUT2D eigenvalue weighted by Gasteiger charge is -2.22. The van der Waals surface area contributed by atoms with Crippen molar-refractivity contribution in [1.29, 1.82) is 0 Å². The number of nitrogens with zero attached hydrogens (tertiary/aromatic N) is 4. The van der Waals surface area contributed by atoms with Gasteiger partial charge in [0.1, 0.15) is 5.69 Å². The first kappa shape index (κ1) is 32.5. The van der Waals surface area contributed by atoms with E-state index in [-0.39, 0.29) is 5.41 Å². The summed E-state index contributed by atoms with van der Waals surface area (Å²) in [7, 11) is 0. The molecule has 0 aliphatic heterocycles. The first-order chi connectivity index (χ1) is 29.0. The quantitative estimate of drug-likeness (QED) is 0.180. The van der Waals surface area contributed by atoms with E-state index in [9.17, 15) is 0 Å². The Labute approximate surface area is 340 Å². The zero-order valence-electron chi connectivity index (χ0n) is 32.6. The van der Waals surface area contributed by atoms with E-state index in [1.165, 1.54) is 76.4 Å². The van der Waals surface area contributed by atoms with Crippen molar-refractivity contribution >= 4 is 76.2 Å². The fourth-order valence-corrected chi connectivity index (χ4v) is 10.4. The Morgan fingerprint density at radius 3 is 1.92 bits per heavy atom. The molecule has 4 nitrogen and oxygen atoms in total. The Hall–Kier alpha value is -7.56. The summed E-state index contributed by atoms with van der Waals surface area (Å²) in [6.07, 6.45) is 0. The third-order valence-electron chi connectivity index (χ3n) is 13.1. The number of hydrogen-bond acceptors (Lipinski definition) is 2. The monoisotopic (exact) mass is 752 g/mol. The molecule has 0 radical (unpaired) electrons. The molecule has 0 saturated carbocycles. The van der Waals surface area contributed by atoms with Crippen molar-refractivity contribution in [2.75, 3.05) is 0 Å². The van der Waals surface area contributed by atoms with Crippen LogP contribution in [0.2, 0.25) is 0 Å². The van der Waals surface area contributed by atoms with Crippen molar-refractivity contribution in [3.63, 3.8) is 0 Å². The van der Waals surface area contributed by atoms with Crippen LogP contribution in [-0.2, 0) is 5.41 Å². The number of benzene rings is 9. The van der Waals surface area contributed by atoms with E-state index in [1.807, 2.05) is 0 Å². The predicted octanol–water partition coefficient (Wildman–Crippen LogP) is 14.1. The van der Waals surface area contributed by atoms with Gasteiger partial charge in [0.15, 0.2) is 5.82 Å². The average molecular weight is 753 g/mol. The third-order valence-corrected chi connectivity index (χ3v) is 13.1. The average Bonchev–Trinajstić information content (AvgIpc) is 3.89. The van der Waals surface area contributed by atoms with Crippen LogP contribution in [0.15, 0.2) is 182 Å². The van der Waals surface area contributed by atoms with E-state index >= 15 is 0 Å². The fourth-order valence-electron chi connectivity index (χ4n) is 10.4. The van der Waals surface area contributed by atoms with Crippen LogP contribution in [0, 0.1) is 0 Å². The SMILES string of the molecule is CC1(C)c2ccccc2-c2c(-c3nc4ccccc4nc3-n3c4ccc(-n5c6ccccc6c6ccc7ccccc7c65)cc4c4c5ccccc5ccc43)cccc21. The molecule has 9 aromatic carbocycles. The molecule has 13 rings (SSSR count). The maximum absolute atomic E-state index is 5.58. The van der Waals surface area contributed by atoms with Gasteiger partial charge in [0, 0.05) is 43.6 Å². The summed E-state index contributed by atoms with van der Waals surface area (Å²) in [5.41, 5.74) is 14.4. The molecule has 0 bridgehead atoms. The van der Waals surface area contributed by atoms with Crippen LogP contribution in [0.25, 0.3) is 110 Å². The van der Waals surface area contributed by atoms with E-state index in [0.717, 1.165) is 44.8 Å². The number of para-hydroxylation sites is 3. The van der Waals surface area contributed by atoms with Gasteiger partial charge >= 0.3 is 0 Å². The third kappa shape index (κ3) is 4.38. The van der Waals surface area contributed by atoms with Crippen molar-refractivity contribution in [3.05, 3.63) is 193 Å². The first-order valence-electron chi connectivity index (χ1n) is 20.4. The number of rotatable bonds is 3. The van der Waals surface area contributed by atoms with Crippen molar-refractivity contribution in [2.24, 2.45) is 0 Å². The summed E-state index contributed by atoms with van der Waals surface area (Å²) in [6, 6.07) is 66.2. The van der Waals surface area contributed by atoms with Gasteiger partial charge in [0.05, 0.1) is 33.1 Å². The Balaban J connectivity index is 1.17. The molecule has 0 saturated heterocycles. The second-order valence-electron chi connectivity index (χ2n) is 16.5. The Kier molecular flexibility index (Phi) is 6.48. The lowest BCUT2D eigenvalue weighted by Crippen LogP contribution is -2.14. The van der Waals surface area contributed by atoms with Crippen LogP contribution in [0.3, 0.4) is 0 Å². The van der Waals surface area contributed by atoms with Gasteiger partial charge in [-0.05, 0) is 80.9 Å². The molecule has 4 heteroatoms. The van der Waals surface area contributed by atoms with Crippen molar-refractivity contribution in [3.8, 4) is 33.9 Å². The van der Waals surface area contributed by atoms with Gasteiger partial charge in [-0.3, -0.25) is 4.57 Å². The zero-order chi connectivity index (χ0) is 39.0. The molecule has 3 aromatic heterocycles. The van der Waals surface area contributed by atoms with Gasteiger partial charge in [-0.2, -0.15) is 0 Å². The van der Waals surface area contributed by atoms with E-state index in [4.69, 9.17) is 9.97 Å². The maximum atomic E-state index is 5.58. The van der Waals surface area contributed by atoms with Crippen LogP contribution in [0.1, 0.15) is 25.0 Å². The molecule has 276 valence electrons. The van der Waals surface area contributed by atoms with Crippen molar-refractivity contribution in [2.45, 2.75) is 19.3 Å². The van der Waals surface area contributed by atoms with E-state index < -0.39 is 0 Å². The molecule has 3 heterocycles. The van der Waals surface area contributed by atoms with Crippen LogP contribution in [0.4, 0.5) is 0 Å². The van der Waals surface area contributed by atoms with Crippen LogP contribution in [0.5, 0.6) is 0 Å². The van der Waals surface area contributed by atoms with E-state index in [2.05, 4.69) is 205 Å². The van der Waals surface area contributed by atoms with E-state index in [0.29, 0.717) is 0 Å². The second kappa shape index (κ2) is 11.7. The molecule has 0 fully saturated rings. The second-order valence-corrected chi connectivity index (χ2v) is 16.5. The predicted molar refractivity (Wildman–Crippen MR) is 246 cm³/mol. The Morgan fingerprint density at radius 1 is 0.424 bits per heavy atom. The molecule has 0 spiro atoms. The summed E-state index contributed by atoms with van der Waals surface area (Å²) in [5, 5.41) is 9.77. The highest BCUT2D eigenvalue weighted by molar-refractivity contribution is 6.23. The van der Waals surface area contributed by atoms with E-state index in [1.54, 1.807) is 0 Å². The highest BCUT2D eigenvalue weighted by atomic mass is 15.1. The maximum Gasteiger partial charge on any atom is 0.165 e. The standard InChI is InChI=1S/C55H36N4/c1-55(2)43-21-9-7-19-40(43)50-41(20-13-22-44(50)55)52-54(57-46-24-11-10-23-45(46)56-52)59-48-31-28-35(32-42(48)51-36-16-5-3-14-33(36)27-30-49(51)59)58-47-25-12-8-18-38(47)39-29-26-34-15-4-6-17-37(34)53(39)58/h3-32H,1-2H3. The van der Waals surface area contributed by atoms with Gasteiger partial charge in [0.25, 0.3) is 0 Å². The topological polar surface area (TPSA) is 35.6 Å². The largest absolute Gasteiger partial charge is 0.309 e. The van der Waals surface area contributed by atoms with Gasteiger partial charge in [-0.25, -0.2) is 9.97 Å². The summed E-state index contributed by atoms with van der Waals surface area (Å²) >= 11 is 0. The number of hydrogen-bond donors (Lipinski definition) is 0. The highest BCUT2D eigenvalue weighted by Crippen LogP contribution is 2.53. The van der Waals surface area contributed by atoms with Crippen LogP contribution < -0.4 is 0 Å². The molecule has 12 aromatic rings. The molecule has 0 amide bonds. The van der Waals surface area contributed by atoms with Crippen LogP contribution in [-0.4, -0.2) is 19.1 Å². The normalized spacial score (nSPS) is 13.4. The lowest BCUT2D eigenvalue weighted by atomic mass is 9.82. The zero-order valence-corrected chi connectivity index (χ0v) is 32.6. The Morgan fingerprint density at radius 2 is 1.05 bits per heavy atom. The molecule has 1 aliphatic rings. The summed E-state index contributed by atoms with van der Waals surface area (Å²) in [4.78, 5) is 11.1. The summed E-state index contributed by atoms with van der Waals surface area (Å²) in [6.45, 7) is 4.67. The van der Waals surface area contributed by atoms with Gasteiger partial charge in [-0.1, -0.05) is 153 Å². The van der Waals surface area contributed by atoms with Gasteiger partial charge < -0.3 is 4.57 Å². The van der Waals surface area contributed by atoms with Crippen molar-refractivity contribution in [1.82, 2.24) is 19.1 Å². The van der Waals surface area contributed by atoms with Gasteiger partial charge in [0.2, 0.25) is 0 Å². The van der Waals surface area contributed by atoms with Gasteiger partial charge in [-0.15, -0.1) is 0 Å². The minimum atomic E-state index is -0.146. The first-order valence-corrected chi connectivity index (χ1v) is 20.4. The lowest BCUT2D eigenvalue weighted by molar-refractivity contribution is 0.660. The minimum Gasteiger partial charge on any atom is -0.309 e. The molecule has 0 unspecified atom stereocenters.